The lowest BCUT2D eigenvalue weighted by atomic mass is 9.76. The van der Waals surface area contributed by atoms with Crippen LogP contribution in [0.1, 0.15) is 47.1 Å². The van der Waals surface area contributed by atoms with Crippen molar-refractivity contribution < 1.29 is 0 Å². The van der Waals surface area contributed by atoms with Gasteiger partial charge in [0.25, 0.3) is 0 Å². The lowest BCUT2D eigenvalue weighted by Gasteiger charge is -2.32. The fourth-order valence-corrected chi connectivity index (χ4v) is 3.44. The average molecular weight is 286 g/mol. The molecule has 0 radical (unpaired) electrons. The molecule has 0 unspecified atom stereocenters. The molecular weight excluding hydrogens is 266 g/mol. The first-order chi connectivity index (χ1) is 9.70. The molecule has 0 fully saturated rings. The minimum absolute atomic E-state index is 0.482. The predicted octanol–water partition coefficient (Wildman–Crippen LogP) is 4.83. The molecule has 0 aliphatic heterocycles. The molecule has 2 atom stereocenters. The minimum Gasteiger partial charge on any atom is -0.313 e. The van der Waals surface area contributed by atoms with Gasteiger partial charge in [-0.1, -0.05) is 48.0 Å². The molecule has 0 spiro atoms. The molecule has 104 valence electrons. The second-order valence-corrected chi connectivity index (χ2v) is 6.02. The van der Waals surface area contributed by atoms with Crippen molar-refractivity contribution in [3.8, 4) is 0 Å². The van der Waals surface area contributed by atoms with Crippen molar-refractivity contribution in [3.05, 3.63) is 69.7 Å². The minimum atomic E-state index is 0.482. The van der Waals surface area contributed by atoms with E-state index in [4.69, 9.17) is 11.6 Å². The van der Waals surface area contributed by atoms with E-state index in [0.29, 0.717) is 12.0 Å². The second-order valence-electron chi connectivity index (χ2n) is 5.61. The van der Waals surface area contributed by atoms with Gasteiger partial charge in [0.1, 0.15) is 0 Å². The molecule has 3 rings (SSSR count). The highest BCUT2D eigenvalue weighted by Crippen LogP contribution is 2.41. The number of benzene rings is 2. The molecule has 20 heavy (non-hydrogen) atoms. The molecule has 0 heterocycles. The third-order valence-corrected chi connectivity index (χ3v) is 4.85. The fraction of sp³-hybridized carbons (Fsp3) is 0.333. The van der Waals surface area contributed by atoms with Crippen LogP contribution >= 0.6 is 11.6 Å². The lowest BCUT2D eigenvalue weighted by molar-refractivity contribution is 0.471. The summed E-state index contributed by atoms with van der Waals surface area (Å²) in [5.74, 6) is 0.492. The number of hydrogen-bond acceptors (Lipinski definition) is 1. The second kappa shape index (κ2) is 5.59. The van der Waals surface area contributed by atoms with Crippen LogP contribution in [0.3, 0.4) is 0 Å². The molecule has 0 amide bonds. The highest BCUT2D eigenvalue weighted by Gasteiger charge is 2.27. The van der Waals surface area contributed by atoms with Crippen LogP contribution in [0.25, 0.3) is 0 Å². The van der Waals surface area contributed by atoms with E-state index in [-0.39, 0.29) is 0 Å². The Balaban J connectivity index is 2.05. The molecule has 1 nitrogen and oxygen atoms in total. The monoisotopic (exact) mass is 285 g/mol. The number of halogens is 1. The van der Waals surface area contributed by atoms with E-state index < -0.39 is 0 Å². The molecule has 1 aliphatic rings. The Bertz CT molecular complexity index is 621. The predicted molar refractivity (Wildman–Crippen MR) is 85.5 cm³/mol. The van der Waals surface area contributed by atoms with Crippen LogP contribution in [0.15, 0.2) is 42.5 Å². The molecule has 0 saturated carbocycles. The van der Waals surface area contributed by atoms with Crippen molar-refractivity contribution >= 4 is 11.6 Å². The molecule has 0 aromatic heterocycles. The van der Waals surface area contributed by atoms with Crippen LogP contribution in [0, 0.1) is 6.92 Å². The number of fused-ring (bicyclic) bond motifs is 1. The highest BCUT2D eigenvalue weighted by atomic mass is 35.5. The van der Waals surface area contributed by atoms with E-state index >= 15 is 0 Å². The average Bonchev–Trinajstić information content (AvgIpc) is 2.49. The van der Waals surface area contributed by atoms with E-state index in [2.05, 4.69) is 48.6 Å². The zero-order valence-electron chi connectivity index (χ0n) is 12.0. The normalized spacial score (nSPS) is 21.6. The van der Waals surface area contributed by atoms with Gasteiger partial charge in [-0.2, -0.15) is 0 Å². The van der Waals surface area contributed by atoms with Gasteiger partial charge < -0.3 is 5.32 Å². The van der Waals surface area contributed by atoms with Crippen molar-refractivity contribution in [3.63, 3.8) is 0 Å². The first-order valence-corrected chi connectivity index (χ1v) is 7.60. The number of nitrogens with one attached hydrogen (secondary N) is 1. The van der Waals surface area contributed by atoms with Gasteiger partial charge >= 0.3 is 0 Å². The van der Waals surface area contributed by atoms with Crippen molar-refractivity contribution in [2.75, 3.05) is 7.05 Å². The molecular formula is C18H20ClN. The number of aryl methyl sites for hydroxylation is 1. The third-order valence-electron chi connectivity index (χ3n) is 4.42. The Morgan fingerprint density at radius 1 is 1.05 bits per heavy atom. The first-order valence-electron chi connectivity index (χ1n) is 7.23. The van der Waals surface area contributed by atoms with Crippen molar-refractivity contribution in [1.29, 1.82) is 0 Å². The van der Waals surface area contributed by atoms with Gasteiger partial charge in [-0.15, -0.1) is 0 Å². The summed E-state index contributed by atoms with van der Waals surface area (Å²) in [6.45, 7) is 2.08. The summed E-state index contributed by atoms with van der Waals surface area (Å²) in [4.78, 5) is 0. The van der Waals surface area contributed by atoms with Crippen LogP contribution in [0.2, 0.25) is 5.02 Å². The lowest BCUT2D eigenvalue weighted by Crippen LogP contribution is -2.24. The van der Waals surface area contributed by atoms with Gasteiger partial charge in [0.05, 0.1) is 0 Å². The van der Waals surface area contributed by atoms with E-state index in [1.54, 1.807) is 0 Å². The summed E-state index contributed by atoms with van der Waals surface area (Å²) in [6.07, 6.45) is 2.36. The van der Waals surface area contributed by atoms with Crippen molar-refractivity contribution in [1.82, 2.24) is 5.32 Å². The Kier molecular flexibility index (Phi) is 3.82. The van der Waals surface area contributed by atoms with Crippen molar-refractivity contribution in [2.45, 2.75) is 31.7 Å². The van der Waals surface area contributed by atoms with Crippen molar-refractivity contribution in [2.24, 2.45) is 0 Å². The zero-order valence-corrected chi connectivity index (χ0v) is 12.7. The topological polar surface area (TPSA) is 12.0 Å². The van der Waals surface area contributed by atoms with Gasteiger partial charge in [-0.3, -0.25) is 0 Å². The Labute approximate surface area is 126 Å². The number of rotatable bonds is 2. The molecule has 2 heteroatoms. The zero-order chi connectivity index (χ0) is 14.1. The van der Waals surface area contributed by atoms with Gasteiger partial charge in [0.2, 0.25) is 0 Å². The summed E-state index contributed by atoms with van der Waals surface area (Å²) >= 11 is 6.16. The third kappa shape index (κ3) is 2.36. The van der Waals surface area contributed by atoms with E-state index in [1.165, 1.54) is 29.5 Å². The van der Waals surface area contributed by atoms with E-state index in [9.17, 15) is 0 Å². The van der Waals surface area contributed by atoms with Crippen LogP contribution in [-0.2, 0) is 0 Å². The summed E-state index contributed by atoms with van der Waals surface area (Å²) in [5, 5.41) is 4.28. The summed E-state index contributed by atoms with van der Waals surface area (Å²) in [7, 11) is 2.05. The molecule has 0 bridgehead atoms. The number of hydrogen-bond donors (Lipinski definition) is 1. The highest BCUT2D eigenvalue weighted by molar-refractivity contribution is 6.31. The van der Waals surface area contributed by atoms with Gasteiger partial charge in [0, 0.05) is 17.0 Å². The SMILES string of the molecule is CN[C@H]1CC[C@H](c2ccc(Cl)c(C)c2)c2ccccc21. The van der Waals surface area contributed by atoms with Crippen LogP contribution in [0.5, 0.6) is 0 Å². The Morgan fingerprint density at radius 2 is 1.80 bits per heavy atom. The van der Waals surface area contributed by atoms with Gasteiger partial charge in [-0.25, -0.2) is 0 Å². The summed E-state index contributed by atoms with van der Waals surface area (Å²) < 4.78 is 0. The fourth-order valence-electron chi connectivity index (χ4n) is 3.32. The van der Waals surface area contributed by atoms with Crippen LogP contribution in [0.4, 0.5) is 0 Å². The largest absolute Gasteiger partial charge is 0.313 e. The van der Waals surface area contributed by atoms with Gasteiger partial charge in [0.15, 0.2) is 0 Å². The molecule has 2 aromatic carbocycles. The van der Waals surface area contributed by atoms with E-state index in [1.807, 2.05) is 13.1 Å². The summed E-state index contributed by atoms with van der Waals surface area (Å²) in [6, 6.07) is 15.7. The molecule has 1 N–H and O–H groups in total. The summed E-state index contributed by atoms with van der Waals surface area (Å²) in [5.41, 5.74) is 5.45. The first kappa shape index (κ1) is 13.7. The smallest absolute Gasteiger partial charge is 0.0435 e. The Morgan fingerprint density at radius 3 is 2.50 bits per heavy atom. The standard InChI is InChI=1S/C18H20ClN/c1-12-11-13(7-9-17(12)19)14-8-10-18(20-2)16-6-4-3-5-15(14)16/h3-7,9,11,14,18,20H,8,10H2,1-2H3/t14-,18+/m1/s1. The quantitative estimate of drug-likeness (QED) is 0.833. The maximum absolute atomic E-state index is 6.16. The van der Waals surface area contributed by atoms with E-state index in [0.717, 1.165) is 10.6 Å². The molecule has 2 aromatic rings. The Hall–Kier alpha value is -1.31. The molecule has 0 saturated heterocycles. The molecule has 1 aliphatic carbocycles. The van der Waals surface area contributed by atoms with Crippen LogP contribution < -0.4 is 5.32 Å². The maximum atomic E-state index is 6.16. The maximum Gasteiger partial charge on any atom is 0.0435 e. The van der Waals surface area contributed by atoms with Crippen LogP contribution in [-0.4, -0.2) is 7.05 Å². The van der Waals surface area contributed by atoms with Gasteiger partial charge in [-0.05, 0) is 55.1 Å².